The number of hydrogen-bond acceptors (Lipinski definition) is 2. The molecule has 0 saturated carbocycles. The van der Waals surface area contributed by atoms with Crippen molar-refractivity contribution in [2.45, 2.75) is 52.6 Å². The molecule has 0 saturated heterocycles. The fraction of sp³-hybridized carbons (Fsp3) is 0.818. The summed E-state index contributed by atoms with van der Waals surface area (Å²) in [7, 11) is 0. The summed E-state index contributed by atoms with van der Waals surface area (Å²) >= 11 is 0. The molecule has 5 nitrogen and oxygen atoms in total. The third kappa shape index (κ3) is 5.58. The molecule has 0 aliphatic heterocycles. The van der Waals surface area contributed by atoms with Crippen molar-refractivity contribution in [3.8, 4) is 0 Å². The van der Waals surface area contributed by atoms with E-state index in [1.54, 1.807) is 0 Å². The number of carbonyl (C=O) groups is 2. The van der Waals surface area contributed by atoms with Crippen LogP contribution in [-0.2, 0) is 4.79 Å². The molecule has 94 valence electrons. The second-order valence-electron chi connectivity index (χ2n) is 4.33. The van der Waals surface area contributed by atoms with Crippen molar-refractivity contribution in [1.29, 1.82) is 0 Å². The number of nitrogens with one attached hydrogen (secondary N) is 2. The number of rotatable bonds is 6. The number of amides is 2. The van der Waals surface area contributed by atoms with Gasteiger partial charge >= 0.3 is 12.0 Å². The Balaban J connectivity index is 4.14. The van der Waals surface area contributed by atoms with Crippen molar-refractivity contribution in [3.05, 3.63) is 0 Å². The first kappa shape index (κ1) is 14.7. The summed E-state index contributed by atoms with van der Waals surface area (Å²) in [5.41, 5.74) is 0. The van der Waals surface area contributed by atoms with Crippen LogP contribution in [0.1, 0.15) is 40.5 Å². The number of aliphatic carboxylic acids is 1. The van der Waals surface area contributed by atoms with Gasteiger partial charge in [0.05, 0.1) is 0 Å². The first-order valence-electron chi connectivity index (χ1n) is 5.68. The van der Waals surface area contributed by atoms with E-state index in [9.17, 15) is 9.59 Å². The molecule has 0 rings (SSSR count). The van der Waals surface area contributed by atoms with Crippen LogP contribution in [0.3, 0.4) is 0 Å². The molecule has 1 unspecified atom stereocenters. The molecule has 2 atom stereocenters. The molecule has 0 spiro atoms. The molecule has 0 aliphatic carbocycles. The molecule has 0 bridgehead atoms. The first-order chi connectivity index (χ1) is 7.38. The molecule has 0 fully saturated rings. The van der Waals surface area contributed by atoms with Crippen molar-refractivity contribution >= 4 is 12.0 Å². The van der Waals surface area contributed by atoms with Crippen LogP contribution in [-0.4, -0.2) is 29.2 Å². The zero-order valence-corrected chi connectivity index (χ0v) is 10.4. The van der Waals surface area contributed by atoms with Gasteiger partial charge in [-0.1, -0.05) is 27.2 Å². The lowest BCUT2D eigenvalue weighted by Gasteiger charge is -2.20. The summed E-state index contributed by atoms with van der Waals surface area (Å²) in [5.74, 6) is -0.672. The molecule has 16 heavy (non-hydrogen) atoms. The van der Waals surface area contributed by atoms with Crippen LogP contribution in [0.15, 0.2) is 0 Å². The molecule has 5 heteroatoms. The Kier molecular flexibility index (Phi) is 6.53. The van der Waals surface area contributed by atoms with Gasteiger partial charge < -0.3 is 15.7 Å². The Labute approximate surface area is 96.6 Å². The van der Waals surface area contributed by atoms with E-state index in [1.165, 1.54) is 0 Å². The summed E-state index contributed by atoms with van der Waals surface area (Å²) in [6, 6.07) is -1.19. The quantitative estimate of drug-likeness (QED) is 0.648. The number of carboxylic acids is 1. The third-order valence-electron chi connectivity index (χ3n) is 2.54. The molecule has 0 aromatic carbocycles. The topological polar surface area (TPSA) is 78.4 Å². The second-order valence-corrected chi connectivity index (χ2v) is 4.33. The minimum atomic E-state index is -0.991. The van der Waals surface area contributed by atoms with Gasteiger partial charge in [-0.25, -0.2) is 9.59 Å². The van der Waals surface area contributed by atoms with E-state index in [1.807, 2.05) is 27.7 Å². The predicted octanol–water partition coefficient (Wildman–Crippen LogP) is 1.58. The molecule has 0 aliphatic rings. The maximum Gasteiger partial charge on any atom is 0.326 e. The SMILES string of the molecule is CCC[C@@H](NC(=O)NC(C)C(C)C)C(=O)O. The summed E-state index contributed by atoms with van der Waals surface area (Å²) in [6.45, 7) is 7.75. The lowest BCUT2D eigenvalue weighted by atomic mass is 10.1. The number of carboxylic acid groups (broad SMARTS) is 1. The van der Waals surface area contributed by atoms with E-state index < -0.39 is 18.0 Å². The zero-order valence-electron chi connectivity index (χ0n) is 10.4. The number of carbonyl (C=O) groups excluding carboxylic acids is 1. The average molecular weight is 230 g/mol. The van der Waals surface area contributed by atoms with Crippen molar-refractivity contribution < 1.29 is 14.7 Å². The van der Waals surface area contributed by atoms with Crippen LogP contribution < -0.4 is 10.6 Å². The Morgan fingerprint density at radius 2 is 1.75 bits per heavy atom. The minimum Gasteiger partial charge on any atom is -0.480 e. The first-order valence-corrected chi connectivity index (χ1v) is 5.68. The minimum absolute atomic E-state index is 0.0241. The molecule has 2 amide bonds. The van der Waals surface area contributed by atoms with Gasteiger partial charge in [0.2, 0.25) is 0 Å². The molecule has 0 heterocycles. The molecule has 0 aromatic rings. The number of hydrogen-bond donors (Lipinski definition) is 3. The van der Waals surface area contributed by atoms with Gasteiger partial charge in [0.15, 0.2) is 0 Å². The lowest BCUT2D eigenvalue weighted by molar-refractivity contribution is -0.139. The van der Waals surface area contributed by atoms with Gasteiger partial charge in [-0.2, -0.15) is 0 Å². The standard InChI is InChI=1S/C11H22N2O3/c1-5-6-9(10(14)15)13-11(16)12-8(4)7(2)3/h7-9H,5-6H2,1-4H3,(H,14,15)(H2,12,13,16)/t8?,9-/m1/s1. The Morgan fingerprint density at radius 1 is 1.19 bits per heavy atom. The molecular weight excluding hydrogens is 208 g/mol. The molecule has 3 N–H and O–H groups in total. The van der Waals surface area contributed by atoms with Crippen molar-refractivity contribution in [1.82, 2.24) is 10.6 Å². The van der Waals surface area contributed by atoms with Crippen LogP contribution in [0.25, 0.3) is 0 Å². The van der Waals surface area contributed by atoms with Gasteiger partial charge in [-0.3, -0.25) is 0 Å². The van der Waals surface area contributed by atoms with Crippen LogP contribution in [0.4, 0.5) is 4.79 Å². The van der Waals surface area contributed by atoms with Gasteiger partial charge in [0.1, 0.15) is 6.04 Å². The fourth-order valence-corrected chi connectivity index (χ4v) is 1.12. The van der Waals surface area contributed by atoms with Crippen molar-refractivity contribution in [3.63, 3.8) is 0 Å². The molecule has 0 radical (unpaired) electrons. The monoisotopic (exact) mass is 230 g/mol. The van der Waals surface area contributed by atoms with Gasteiger partial charge in [-0.15, -0.1) is 0 Å². The Hall–Kier alpha value is -1.26. The van der Waals surface area contributed by atoms with E-state index in [0.717, 1.165) is 6.42 Å². The van der Waals surface area contributed by atoms with E-state index in [0.29, 0.717) is 12.3 Å². The van der Waals surface area contributed by atoms with Crippen molar-refractivity contribution in [2.24, 2.45) is 5.92 Å². The highest BCUT2D eigenvalue weighted by molar-refractivity contribution is 5.82. The highest BCUT2D eigenvalue weighted by Gasteiger charge is 2.19. The molecule has 0 aromatic heterocycles. The highest BCUT2D eigenvalue weighted by atomic mass is 16.4. The summed E-state index contributed by atoms with van der Waals surface area (Å²) < 4.78 is 0. The molecular formula is C11H22N2O3. The van der Waals surface area contributed by atoms with Gasteiger partial charge in [-0.05, 0) is 19.3 Å². The highest BCUT2D eigenvalue weighted by Crippen LogP contribution is 2.00. The third-order valence-corrected chi connectivity index (χ3v) is 2.54. The van der Waals surface area contributed by atoms with Gasteiger partial charge in [0, 0.05) is 6.04 Å². The smallest absolute Gasteiger partial charge is 0.326 e. The van der Waals surface area contributed by atoms with E-state index in [4.69, 9.17) is 5.11 Å². The largest absolute Gasteiger partial charge is 0.480 e. The Morgan fingerprint density at radius 3 is 2.12 bits per heavy atom. The maximum atomic E-state index is 11.5. The average Bonchev–Trinajstić information content (AvgIpc) is 2.16. The Bertz CT molecular complexity index is 241. The van der Waals surface area contributed by atoms with E-state index in [2.05, 4.69) is 10.6 Å². The van der Waals surface area contributed by atoms with Crippen LogP contribution in [0.2, 0.25) is 0 Å². The zero-order chi connectivity index (χ0) is 12.7. The predicted molar refractivity (Wildman–Crippen MR) is 62.3 cm³/mol. The van der Waals surface area contributed by atoms with Crippen molar-refractivity contribution in [2.75, 3.05) is 0 Å². The van der Waals surface area contributed by atoms with E-state index >= 15 is 0 Å². The maximum absolute atomic E-state index is 11.5. The van der Waals surface area contributed by atoms with Crippen LogP contribution >= 0.6 is 0 Å². The lowest BCUT2D eigenvalue weighted by Crippen LogP contribution is -2.49. The normalized spacial score (nSPS) is 14.3. The second kappa shape index (κ2) is 7.09. The number of urea groups is 1. The van der Waals surface area contributed by atoms with Gasteiger partial charge in [0.25, 0.3) is 0 Å². The van der Waals surface area contributed by atoms with Crippen LogP contribution in [0.5, 0.6) is 0 Å². The summed E-state index contributed by atoms with van der Waals surface area (Å²) in [4.78, 5) is 22.3. The summed E-state index contributed by atoms with van der Waals surface area (Å²) in [6.07, 6.45) is 1.16. The van der Waals surface area contributed by atoms with E-state index in [-0.39, 0.29) is 6.04 Å². The van der Waals surface area contributed by atoms with Crippen LogP contribution in [0, 0.1) is 5.92 Å². The fourth-order valence-electron chi connectivity index (χ4n) is 1.12. The summed E-state index contributed by atoms with van der Waals surface area (Å²) in [5, 5.41) is 14.0.